The van der Waals surface area contributed by atoms with Gasteiger partial charge in [-0.15, -0.1) is 0 Å². The fourth-order valence-electron chi connectivity index (χ4n) is 2.79. The smallest absolute Gasteiger partial charge is 0.347 e. The minimum atomic E-state index is -4.54. The Bertz CT molecular complexity index is 1050. The van der Waals surface area contributed by atoms with Gasteiger partial charge in [-0.3, -0.25) is 4.72 Å². The summed E-state index contributed by atoms with van der Waals surface area (Å²) in [6, 6.07) is 11.1. The Balaban J connectivity index is 2.09. The van der Waals surface area contributed by atoms with Crippen LogP contribution in [0.2, 0.25) is 0 Å². The van der Waals surface area contributed by atoms with Crippen molar-refractivity contribution in [2.75, 3.05) is 4.72 Å². The number of rotatable bonds is 3. The average molecular weight is 368 g/mol. The van der Waals surface area contributed by atoms with Crippen LogP contribution >= 0.6 is 0 Å². The van der Waals surface area contributed by atoms with Crippen LogP contribution < -0.4 is 4.72 Å². The summed E-state index contributed by atoms with van der Waals surface area (Å²) in [5.74, 6) is 0. The molecule has 0 spiro atoms. The molecule has 0 aliphatic heterocycles. The van der Waals surface area contributed by atoms with E-state index in [4.69, 9.17) is 0 Å². The second-order valence-corrected chi connectivity index (χ2v) is 7.29. The number of fused-ring (bicyclic) bond motifs is 1. The van der Waals surface area contributed by atoms with Gasteiger partial charge in [0.05, 0.1) is 5.56 Å². The molecule has 0 saturated heterocycles. The van der Waals surface area contributed by atoms with E-state index in [0.717, 1.165) is 23.7 Å². The summed E-state index contributed by atoms with van der Waals surface area (Å²) in [6.45, 7) is 1.65. The fourth-order valence-corrected chi connectivity index (χ4v) is 4.32. The van der Waals surface area contributed by atoms with Crippen LogP contribution in [0.4, 0.5) is 18.9 Å². The maximum absolute atomic E-state index is 12.8. The van der Waals surface area contributed by atoms with Crippen LogP contribution in [0.15, 0.2) is 53.4 Å². The number of benzene rings is 2. The van der Waals surface area contributed by atoms with Gasteiger partial charge in [0.1, 0.15) is 4.90 Å². The Kier molecular flexibility index (Phi) is 4.03. The molecular formula is C17H15F3N2O2S. The van der Waals surface area contributed by atoms with Crippen molar-refractivity contribution in [2.24, 2.45) is 7.05 Å². The van der Waals surface area contributed by atoms with Gasteiger partial charge in [0, 0.05) is 29.3 Å². The molecule has 0 amide bonds. The van der Waals surface area contributed by atoms with Gasteiger partial charge < -0.3 is 4.57 Å². The predicted molar refractivity (Wildman–Crippen MR) is 89.9 cm³/mol. The Morgan fingerprint density at radius 3 is 2.40 bits per heavy atom. The van der Waals surface area contributed by atoms with Crippen molar-refractivity contribution >= 4 is 26.6 Å². The second-order valence-electron chi connectivity index (χ2n) is 5.67. The average Bonchev–Trinajstić information content (AvgIpc) is 2.79. The monoisotopic (exact) mass is 368 g/mol. The second kappa shape index (κ2) is 5.80. The minimum absolute atomic E-state index is 0.0583. The van der Waals surface area contributed by atoms with Crippen molar-refractivity contribution in [2.45, 2.75) is 18.0 Å². The maximum Gasteiger partial charge on any atom is 0.416 e. The molecular weight excluding hydrogens is 353 g/mol. The molecule has 0 unspecified atom stereocenters. The molecule has 8 heteroatoms. The van der Waals surface area contributed by atoms with Gasteiger partial charge in [-0.1, -0.05) is 24.3 Å². The molecule has 1 N–H and O–H groups in total. The Morgan fingerprint density at radius 1 is 1.04 bits per heavy atom. The summed E-state index contributed by atoms with van der Waals surface area (Å²) in [4.78, 5) is 0.0583. The molecule has 3 aromatic rings. The van der Waals surface area contributed by atoms with E-state index >= 15 is 0 Å². The number of anilines is 1. The normalized spacial score (nSPS) is 12.5. The van der Waals surface area contributed by atoms with Gasteiger partial charge in [-0.05, 0) is 31.2 Å². The number of hydrogen-bond acceptors (Lipinski definition) is 2. The number of hydrogen-bond donors (Lipinski definition) is 1. The van der Waals surface area contributed by atoms with E-state index in [1.807, 2.05) is 0 Å². The van der Waals surface area contributed by atoms with Crippen LogP contribution in [0.25, 0.3) is 10.9 Å². The van der Waals surface area contributed by atoms with Crippen molar-refractivity contribution in [1.29, 1.82) is 0 Å². The first-order chi connectivity index (χ1) is 11.6. The van der Waals surface area contributed by atoms with Crippen LogP contribution in [0.5, 0.6) is 0 Å². The van der Waals surface area contributed by atoms with E-state index in [-0.39, 0.29) is 10.6 Å². The van der Waals surface area contributed by atoms with Crippen LogP contribution in [0.3, 0.4) is 0 Å². The minimum Gasteiger partial charge on any atom is -0.347 e. The lowest BCUT2D eigenvalue weighted by Crippen LogP contribution is -2.15. The zero-order chi connectivity index (χ0) is 18.4. The molecule has 0 fully saturated rings. The fraction of sp³-hybridized carbons (Fsp3) is 0.176. The largest absolute Gasteiger partial charge is 0.416 e. The maximum atomic E-state index is 12.8. The van der Waals surface area contributed by atoms with Crippen LogP contribution in [-0.4, -0.2) is 13.0 Å². The summed E-state index contributed by atoms with van der Waals surface area (Å²) in [7, 11) is -2.31. The summed E-state index contributed by atoms with van der Waals surface area (Å²) in [5.41, 5.74) is 0.176. The SMILES string of the molecule is Cc1c(S(=O)(=O)Nc2cccc(C(F)(F)F)c2)c2ccccc2n1C. The molecule has 0 aliphatic rings. The molecule has 0 bridgehead atoms. The number of para-hydroxylation sites is 1. The molecule has 25 heavy (non-hydrogen) atoms. The van der Waals surface area contributed by atoms with Crippen molar-refractivity contribution < 1.29 is 21.6 Å². The molecule has 1 heterocycles. The molecule has 132 valence electrons. The zero-order valence-electron chi connectivity index (χ0n) is 13.4. The molecule has 1 aromatic heterocycles. The van der Waals surface area contributed by atoms with Crippen LogP contribution in [0, 0.1) is 6.92 Å². The first-order valence-corrected chi connectivity index (χ1v) is 8.83. The number of halogens is 3. The van der Waals surface area contributed by atoms with E-state index in [1.54, 1.807) is 42.8 Å². The van der Waals surface area contributed by atoms with Gasteiger partial charge in [-0.25, -0.2) is 8.42 Å². The molecule has 0 saturated carbocycles. The van der Waals surface area contributed by atoms with Crippen molar-refractivity contribution in [3.8, 4) is 0 Å². The van der Waals surface area contributed by atoms with Crippen LogP contribution in [0.1, 0.15) is 11.3 Å². The molecule has 0 atom stereocenters. The topological polar surface area (TPSA) is 51.1 Å². The van der Waals surface area contributed by atoms with Gasteiger partial charge in [-0.2, -0.15) is 13.2 Å². The van der Waals surface area contributed by atoms with E-state index < -0.39 is 21.8 Å². The molecule has 0 aliphatic carbocycles. The van der Waals surface area contributed by atoms with Gasteiger partial charge in [0.15, 0.2) is 0 Å². The van der Waals surface area contributed by atoms with Gasteiger partial charge in [0.2, 0.25) is 0 Å². The summed E-state index contributed by atoms with van der Waals surface area (Å²) in [5, 5.41) is 0.516. The first kappa shape index (κ1) is 17.3. The Hall–Kier alpha value is -2.48. The third-order valence-corrected chi connectivity index (χ3v) is 5.61. The number of nitrogens with zero attached hydrogens (tertiary/aromatic N) is 1. The summed E-state index contributed by atoms with van der Waals surface area (Å²) < 4.78 is 68.1. The lowest BCUT2D eigenvalue weighted by Gasteiger charge is -2.11. The highest BCUT2D eigenvalue weighted by Gasteiger charge is 2.31. The third-order valence-electron chi connectivity index (χ3n) is 4.05. The molecule has 0 radical (unpaired) electrons. The Morgan fingerprint density at radius 2 is 1.72 bits per heavy atom. The molecule has 4 nitrogen and oxygen atoms in total. The predicted octanol–water partition coefficient (Wildman–Crippen LogP) is 4.31. The third kappa shape index (κ3) is 3.09. The van der Waals surface area contributed by atoms with Crippen molar-refractivity contribution in [3.05, 3.63) is 59.8 Å². The Labute approximate surface area is 142 Å². The molecule has 2 aromatic carbocycles. The summed E-state index contributed by atoms with van der Waals surface area (Å²) in [6.07, 6.45) is -4.54. The lowest BCUT2D eigenvalue weighted by molar-refractivity contribution is -0.137. The van der Waals surface area contributed by atoms with Crippen molar-refractivity contribution in [3.63, 3.8) is 0 Å². The lowest BCUT2D eigenvalue weighted by atomic mass is 10.2. The summed E-state index contributed by atoms with van der Waals surface area (Å²) >= 11 is 0. The molecule has 3 rings (SSSR count). The van der Waals surface area contributed by atoms with Crippen molar-refractivity contribution in [1.82, 2.24) is 4.57 Å². The van der Waals surface area contributed by atoms with Gasteiger partial charge in [0.25, 0.3) is 10.0 Å². The number of aryl methyl sites for hydroxylation is 1. The number of sulfonamides is 1. The van der Waals surface area contributed by atoms with E-state index in [1.165, 1.54) is 6.07 Å². The van der Waals surface area contributed by atoms with E-state index in [9.17, 15) is 21.6 Å². The van der Waals surface area contributed by atoms with E-state index in [0.29, 0.717) is 11.1 Å². The van der Waals surface area contributed by atoms with Crippen LogP contribution in [-0.2, 0) is 23.2 Å². The first-order valence-electron chi connectivity index (χ1n) is 7.35. The van der Waals surface area contributed by atoms with Gasteiger partial charge >= 0.3 is 6.18 Å². The number of aromatic nitrogens is 1. The highest BCUT2D eigenvalue weighted by atomic mass is 32.2. The quantitative estimate of drug-likeness (QED) is 0.749. The highest BCUT2D eigenvalue weighted by molar-refractivity contribution is 7.93. The van der Waals surface area contributed by atoms with E-state index in [2.05, 4.69) is 4.72 Å². The number of alkyl halides is 3. The standard InChI is InChI=1S/C17H15F3N2O2S/c1-11-16(14-8-3-4-9-15(14)22(11)2)25(23,24)21-13-7-5-6-12(10-13)17(18,19)20/h3-10,21H,1-2H3. The zero-order valence-corrected chi connectivity index (χ0v) is 14.2. The number of nitrogens with one attached hydrogen (secondary N) is 1. The highest BCUT2D eigenvalue weighted by Crippen LogP contribution is 2.33.